The van der Waals surface area contributed by atoms with Gasteiger partial charge in [0.05, 0.1) is 23.8 Å². The molecule has 6 heteroatoms. The highest BCUT2D eigenvalue weighted by Crippen LogP contribution is 2.40. The summed E-state index contributed by atoms with van der Waals surface area (Å²) in [4.78, 5) is 24.3. The predicted molar refractivity (Wildman–Crippen MR) is 96.5 cm³/mol. The Kier molecular flexibility index (Phi) is 4.29. The number of esters is 1. The lowest BCUT2D eigenvalue weighted by Gasteiger charge is -2.49. The summed E-state index contributed by atoms with van der Waals surface area (Å²) in [5.41, 5.74) is 1.29. The minimum atomic E-state index is -0.486. The van der Waals surface area contributed by atoms with Gasteiger partial charge in [0.1, 0.15) is 11.2 Å². The van der Waals surface area contributed by atoms with Crippen molar-refractivity contribution in [3.05, 3.63) is 30.5 Å². The summed E-state index contributed by atoms with van der Waals surface area (Å²) < 4.78 is 5.45. The second-order valence-electron chi connectivity index (χ2n) is 6.91. The molecule has 3 heterocycles. The number of nitrogens with one attached hydrogen (secondary N) is 1. The Morgan fingerprint density at radius 2 is 2.24 bits per heavy atom. The minimum absolute atomic E-state index is 0.0781. The van der Waals surface area contributed by atoms with E-state index in [2.05, 4.69) is 15.2 Å². The summed E-state index contributed by atoms with van der Waals surface area (Å²) >= 11 is 0. The van der Waals surface area contributed by atoms with Gasteiger partial charge in [0.15, 0.2) is 0 Å². The zero-order valence-corrected chi connectivity index (χ0v) is 14.6. The number of hydrogen-bond acceptors (Lipinski definition) is 6. The molecule has 0 saturated carbocycles. The molecule has 2 aliphatic heterocycles. The van der Waals surface area contributed by atoms with Gasteiger partial charge in [-0.25, -0.2) is 4.98 Å². The molecule has 0 bridgehead atoms. The molecule has 1 aromatic carbocycles. The lowest BCUT2D eigenvalue weighted by molar-refractivity contribution is -0.159. The van der Waals surface area contributed by atoms with Crippen LogP contribution in [0.4, 0.5) is 5.82 Å². The highest BCUT2D eigenvalue weighted by Gasteiger charge is 2.51. The van der Waals surface area contributed by atoms with Gasteiger partial charge in [0, 0.05) is 19.1 Å². The van der Waals surface area contributed by atoms with Crippen LogP contribution in [-0.4, -0.2) is 48.2 Å². The molecule has 2 aromatic rings. The van der Waals surface area contributed by atoms with Gasteiger partial charge in [-0.2, -0.15) is 0 Å². The fourth-order valence-corrected chi connectivity index (χ4v) is 4.20. The molecule has 4 rings (SSSR count). The largest absolute Gasteiger partial charge is 0.465 e. The minimum Gasteiger partial charge on any atom is -0.465 e. The maximum absolute atomic E-state index is 12.8. The second kappa shape index (κ2) is 6.59. The van der Waals surface area contributed by atoms with Crippen LogP contribution in [0.5, 0.6) is 0 Å². The number of anilines is 1. The van der Waals surface area contributed by atoms with Crippen LogP contribution in [0.3, 0.4) is 0 Å². The number of carbonyl (C=O) groups excluding carboxylic acids is 1. The van der Waals surface area contributed by atoms with Gasteiger partial charge in [-0.1, -0.05) is 12.1 Å². The molecule has 25 heavy (non-hydrogen) atoms. The number of benzene rings is 1. The number of carbonyl (C=O) groups is 1. The number of ether oxygens (including phenoxy) is 1. The standard InChI is InChI=1S/C19H24N4O2/c1-2-25-18(24)19-9-5-10-20-16(19)8-11-23(13-19)17-12-21-14-6-3-4-7-15(14)22-17/h3-4,6-7,12,16,20H,2,5,8-11,13H2,1H3/t16-,19+/m1/s1. The molecule has 132 valence electrons. The van der Waals surface area contributed by atoms with Crippen molar-refractivity contribution in [2.24, 2.45) is 5.41 Å². The second-order valence-corrected chi connectivity index (χ2v) is 6.91. The zero-order chi connectivity index (χ0) is 17.3. The van der Waals surface area contributed by atoms with Gasteiger partial charge in [0.25, 0.3) is 0 Å². The number of fused-ring (bicyclic) bond motifs is 2. The normalized spacial score (nSPS) is 26.3. The molecule has 0 amide bonds. The van der Waals surface area contributed by atoms with E-state index in [-0.39, 0.29) is 12.0 Å². The molecule has 0 unspecified atom stereocenters. The number of nitrogens with zero attached hydrogens (tertiary/aromatic N) is 3. The van der Waals surface area contributed by atoms with Gasteiger partial charge < -0.3 is 15.0 Å². The van der Waals surface area contributed by atoms with Crippen LogP contribution in [0.1, 0.15) is 26.2 Å². The maximum Gasteiger partial charge on any atom is 0.315 e. The summed E-state index contributed by atoms with van der Waals surface area (Å²) in [7, 11) is 0. The summed E-state index contributed by atoms with van der Waals surface area (Å²) in [6, 6.07) is 8.06. The van der Waals surface area contributed by atoms with E-state index in [1.54, 1.807) is 0 Å². The Morgan fingerprint density at radius 3 is 3.08 bits per heavy atom. The molecule has 6 nitrogen and oxygen atoms in total. The number of para-hydroxylation sites is 2. The highest BCUT2D eigenvalue weighted by molar-refractivity contribution is 5.80. The number of piperidine rings is 2. The Morgan fingerprint density at radius 1 is 1.40 bits per heavy atom. The van der Waals surface area contributed by atoms with Gasteiger partial charge in [-0.3, -0.25) is 9.78 Å². The third-order valence-electron chi connectivity index (χ3n) is 5.46. The van der Waals surface area contributed by atoms with E-state index in [9.17, 15) is 4.79 Å². The Labute approximate surface area is 147 Å². The van der Waals surface area contributed by atoms with E-state index < -0.39 is 5.41 Å². The fourth-order valence-electron chi connectivity index (χ4n) is 4.20. The van der Waals surface area contributed by atoms with E-state index >= 15 is 0 Å². The predicted octanol–water partition coefficient (Wildman–Crippen LogP) is 2.14. The van der Waals surface area contributed by atoms with Crippen molar-refractivity contribution in [3.63, 3.8) is 0 Å². The zero-order valence-electron chi connectivity index (χ0n) is 14.6. The highest BCUT2D eigenvalue weighted by atomic mass is 16.5. The molecule has 0 spiro atoms. The van der Waals surface area contributed by atoms with Crippen LogP contribution in [0.25, 0.3) is 11.0 Å². The first-order valence-electron chi connectivity index (χ1n) is 9.10. The van der Waals surface area contributed by atoms with Crippen molar-refractivity contribution >= 4 is 22.8 Å². The van der Waals surface area contributed by atoms with Crippen LogP contribution in [0, 0.1) is 5.41 Å². The van der Waals surface area contributed by atoms with Gasteiger partial charge >= 0.3 is 5.97 Å². The van der Waals surface area contributed by atoms with Crippen molar-refractivity contribution in [1.29, 1.82) is 0 Å². The Hall–Kier alpha value is -2.21. The molecule has 2 fully saturated rings. The van der Waals surface area contributed by atoms with E-state index in [1.807, 2.05) is 37.4 Å². The first-order valence-corrected chi connectivity index (χ1v) is 9.10. The van der Waals surface area contributed by atoms with Crippen LogP contribution in [0.15, 0.2) is 30.5 Å². The quantitative estimate of drug-likeness (QED) is 0.864. The van der Waals surface area contributed by atoms with Crippen molar-refractivity contribution < 1.29 is 9.53 Å². The fraction of sp³-hybridized carbons (Fsp3) is 0.526. The number of rotatable bonds is 3. The van der Waals surface area contributed by atoms with Gasteiger partial charge in [-0.15, -0.1) is 0 Å². The van der Waals surface area contributed by atoms with Crippen LogP contribution in [-0.2, 0) is 9.53 Å². The van der Waals surface area contributed by atoms with Gasteiger partial charge in [0.2, 0.25) is 0 Å². The van der Waals surface area contributed by atoms with E-state index in [4.69, 9.17) is 9.72 Å². The molecular weight excluding hydrogens is 316 g/mol. The lowest BCUT2D eigenvalue weighted by Crippen LogP contribution is -2.63. The molecule has 0 radical (unpaired) electrons. The van der Waals surface area contributed by atoms with Gasteiger partial charge in [-0.05, 0) is 44.9 Å². The summed E-state index contributed by atoms with van der Waals surface area (Å²) in [6.07, 6.45) is 4.58. The molecule has 2 aliphatic rings. The molecule has 1 aromatic heterocycles. The maximum atomic E-state index is 12.8. The van der Waals surface area contributed by atoms with Crippen molar-refractivity contribution in [3.8, 4) is 0 Å². The first kappa shape index (κ1) is 16.3. The first-order chi connectivity index (χ1) is 12.2. The third kappa shape index (κ3) is 2.84. The number of hydrogen-bond donors (Lipinski definition) is 1. The average molecular weight is 340 g/mol. The molecule has 2 saturated heterocycles. The lowest BCUT2D eigenvalue weighted by atomic mass is 9.70. The van der Waals surface area contributed by atoms with Crippen LogP contribution in [0.2, 0.25) is 0 Å². The van der Waals surface area contributed by atoms with Crippen molar-refractivity contribution in [1.82, 2.24) is 15.3 Å². The summed E-state index contributed by atoms with van der Waals surface area (Å²) in [5.74, 6) is 0.761. The molecule has 1 N–H and O–H groups in total. The van der Waals surface area contributed by atoms with E-state index in [0.717, 1.165) is 49.2 Å². The Bertz CT molecular complexity index is 781. The average Bonchev–Trinajstić information content (AvgIpc) is 2.67. The molecule has 0 aliphatic carbocycles. The smallest absolute Gasteiger partial charge is 0.315 e. The monoisotopic (exact) mass is 340 g/mol. The molecular formula is C19H24N4O2. The Balaban J connectivity index is 1.65. The topological polar surface area (TPSA) is 67.3 Å². The van der Waals surface area contributed by atoms with Crippen molar-refractivity contribution in [2.75, 3.05) is 31.1 Å². The SMILES string of the molecule is CCOC(=O)[C@]12CCCN[C@@H]1CCN(c1cnc3ccccc3n1)C2. The summed E-state index contributed by atoms with van der Waals surface area (Å²) in [5, 5.41) is 3.54. The number of aromatic nitrogens is 2. The third-order valence-corrected chi connectivity index (χ3v) is 5.46. The van der Waals surface area contributed by atoms with Crippen LogP contribution < -0.4 is 10.2 Å². The summed E-state index contributed by atoms with van der Waals surface area (Å²) in [6.45, 7) is 4.77. The van der Waals surface area contributed by atoms with Crippen molar-refractivity contribution in [2.45, 2.75) is 32.2 Å². The van der Waals surface area contributed by atoms with Crippen LogP contribution >= 0.6 is 0 Å². The van der Waals surface area contributed by atoms with E-state index in [1.165, 1.54) is 0 Å². The molecule has 2 atom stereocenters. The van der Waals surface area contributed by atoms with E-state index in [0.29, 0.717) is 13.2 Å².